The molecule has 1 aromatic rings. The number of aryl methyl sites for hydroxylation is 2. The van der Waals surface area contributed by atoms with Crippen LogP contribution < -0.4 is 5.32 Å². The van der Waals surface area contributed by atoms with Crippen molar-refractivity contribution in [1.82, 2.24) is 15.1 Å². The normalized spacial score (nSPS) is 10.6. The molecule has 0 amide bonds. The number of nitrogens with zero attached hydrogens (tertiary/aromatic N) is 2. The van der Waals surface area contributed by atoms with E-state index in [1.54, 1.807) is 0 Å². The summed E-state index contributed by atoms with van der Waals surface area (Å²) in [4.78, 5) is 0. The average molecular weight is 181 g/mol. The molecule has 13 heavy (non-hydrogen) atoms. The van der Waals surface area contributed by atoms with Crippen molar-refractivity contribution in [3.05, 3.63) is 18.0 Å². The predicted molar refractivity (Wildman–Crippen MR) is 54.7 cm³/mol. The van der Waals surface area contributed by atoms with Gasteiger partial charge >= 0.3 is 0 Å². The second kappa shape index (κ2) is 5.75. The van der Waals surface area contributed by atoms with Crippen LogP contribution in [0.1, 0.15) is 25.5 Å². The largest absolute Gasteiger partial charge is 0.317 e. The zero-order valence-corrected chi connectivity index (χ0v) is 8.58. The summed E-state index contributed by atoms with van der Waals surface area (Å²) in [5.74, 6) is 0. The molecule has 0 radical (unpaired) electrons. The lowest BCUT2D eigenvalue weighted by Gasteiger charge is -2.04. The van der Waals surface area contributed by atoms with Gasteiger partial charge in [-0.25, -0.2) is 0 Å². The topological polar surface area (TPSA) is 29.9 Å². The minimum absolute atomic E-state index is 1.02. The first-order valence-corrected chi connectivity index (χ1v) is 5.03. The van der Waals surface area contributed by atoms with Crippen molar-refractivity contribution in [1.29, 1.82) is 0 Å². The van der Waals surface area contributed by atoms with Crippen LogP contribution in [-0.4, -0.2) is 22.9 Å². The predicted octanol–water partition coefficient (Wildman–Crippen LogP) is 1.58. The van der Waals surface area contributed by atoms with Crippen molar-refractivity contribution in [2.75, 3.05) is 13.1 Å². The highest BCUT2D eigenvalue weighted by molar-refractivity contribution is 4.96. The summed E-state index contributed by atoms with van der Waals surface area (Å²) in [6.07, 6.45) is 4.22. The Morgan fingerprint density at radius 2 is 2.31 bits per heavy atom. The smallest absolute Gasteiger partial charge is 0.0492 e. The van der Waals surface area contributed by atoms with Crippen molar-refractivity contribution in [3.8, 4) is 0 Å². The molecule has 0 aliphatic heterocycles. The molecule has 0 spiro atoms. The van der Waals surface area contributed by atoms with Gasteiger partial charge in [0.05, 0.1) is 0 Å². The van der Waals surface area contributed by atoms with Gasteiger partial charge in [0.25, 0.3) is 0 Å². The first-order valence-electron chi connectivity index (χ1n) is 5.03. The standard InChI is InChI=1S/C10H19N3/c1-3-6-11-7-4-9-13-10(2)5-8-12-13/h5,8,11H,3-4,6-7,9H2,1-2H3. The minimum Gasteiger partial charge on any atom is -0.317 e. The highest BCUT2D eigenvalue weighted by Gasteiger charge is 1.95. The molecule has 0 saturated carbocycles. The van der Waals surface area contributed by atoms with Crippen LogP contribution in [0.4, 0.5) is 0 Å². The molecule has 0 saturated heterocycles. The average Bonchev–Trinajstić information content (AvgIpc) is 2.52. The van der Waals surface area contributed by atoms with Crippen LogP contribution in [0.15, 0.2) is 12.3 Å². The second-order valence-corrected chi connectivity index (χ2v) is 3.30. The second-order valence-electron chi connectivity index (χ2n) is 3.30. The fourth-order valence-electron chi connectivity index (χ4n) is 1.29. The summed E-state index contributed by atoms with van der Waals surface area (Å²) in [5.41, 5.74) is 1.25. The van der Waals surface area contributed by atoms with Crippen LogP contribution in [0.2, 0.25) is 0 Å². The fraction of sp³-hybridized carbons (Fsp3) is 0.700. The lowest BCUT2D eigenvalue weighted by molar-refractivity contribution is 0.534. The van der Waals surface area contributed by atoms with Crippen molar-refractivity contribution < 1.29 is 0 Å². The molecule has 0 aliphatic rings. The van der Waals surface area contributed by atoms with E-state index in [4.69, 9.17) is 0 Å². The molecule has 0 fully saturated rings. The number of nitrogens with one attached hydrogen (secondary N) is 1. The Labute approximate surface area is 80.1 Å². The Morgan fingerprint density at radius 3 is 2.92 bits per heavy atom. The van der Waals surface area contributed by atoms with Gasteiger partial charge in [0.15, 0.2) is 0 Å². The zero-order valence-electron chi connectivity index (χ0n) is 8.58. The lowest BCUT2D eigenvalue weighted by Crippen LogP contribution is -2.18. The summed E-state index contributed by atoms with van der Waals surface area (Å²) < 4.78 is 2.05. The summed E-state index contributed by atoms with van der Waals surface area (Å²) in [6, 6.07) is 2.04. The SMILES string of the molecule is CCCNCCCn1nccc1C. The summed E-state index contributed by atoms with van der Waals surface area (Å²) >= 11 is 0. The fourth-order valence-corrected chi connectivity index (χ4v) is 1.29. The maximum atomic E-state index is 4.22. The number of rotatable bonds is 6. The molecule has 0 atom stereocenters. The van der Waals surface area contributed by atoms with E-state index in [0.717, 1.165) is 26.1 Å². The van der Waals surface area contributed by atoms with E-state index in [-0.39, 0.29) is 0 Å². The quantitative estimate of drug-likeness (QED) is 0.675. The van der Waals surface area contributed by atoms with E-state index in [2.05, 4.69) is 24.3 Å². The van der Waals surface area contributed by atoms with Crippen LogP contribution in [0.3, 0.4) is 0 Å². The number of hydrogen-bond donors (Lipinski definition) is 1. The molecule has 74 valence electrons. The Hall–Kier alpha value is -0.830. The third kappa shape index (κ3) is 3.59. The highest BCUT2D eigenvalue weighted by atomic mass is 15.3. The minimum atomic E-state index is 1.02. The maximum absolute atomic E-state index is 4.22. The molecule has 0 aliphatic carbocycles. The first-order chi connectivity index (χ1) is 6.34. The van der Waals surface area contributed by atoms with Gasteiger partial charge in [0.2, 0.25) is 0 Å². The van der Waals surface area contributed by atoms with Gasteiger partial charge < -0.3 is 5.32 Å². The molecular formula is C10H19N3. The summed E-state index contributed by atoms with van der Waals surface area (Å²) in [7, 11) is 0. The molecule has 0 aromatic carbocycles. The van der Waals surface area contributed by atoms with Crippen LogP contribution in [0, 0.1) is 6.92 Å². The van der Waals surface area contributed by atoms with E-state index < -0.39 is 0 Å². The van der Waals surface area contributed by atoms with Crippen LogP contribution >= 0.6 is 0 Å². The van der Waals surface area contributed by atoms with E-state index in [1.807, 2.05) is 16.9 Å². The molecular weight excluding hydrogens is 162 g/mol. The number of aromatic nitrogens is 2. The third-order valence-corrected chi connectivity index (χ3v) is 2.08. The lowest BCUT2D eigenvalue weighted by atomic mass is 10.4. The Morgan fingerprint density at radius 1 is 1.46 bits per heavy atom. The Balaban J connectivity index is 2.10. The molecule has 1 rings (SSSR count). The number of hydrogen-bond acceptors (Lipinski definition) is 2. The van der Waals surface area contributed by atoms with Gasteiger partial charge in [-0.05, 0) is 38.9 Å². The maximum Gasteiger partial charge on any atom is 0.0492 e. The molecule has 1 aromatic heterocycles. The zero-order chi connectivity index (χ0) is 9.52. The van der Waals surface area contributed by atoms with Crippen molar-refractivity contribution in [2.45, 2.75) is 33.2 Å². The van der Waals surface area contributed by atoms with Crippen LogP contribution in [-0.2, 0) is 6.54 Å². The van der Waals surface area contributed by atoms with E-state index in [9.17, 15) is 0 Å². The molecule has 3 nitrogen and oxygen atoms in total. The van der Waals surface area contributed by atoms with Crippen molar-refractivity contribution >= 4 is 0 Å². The van der Waals surface area contributed by atoms with Crippen LogP contribution in [0.25, 0.3) is 0 Å². The van der Waals surface area contributed by atoms with E-state index in [1.165, 1.54) is 12.1 Å². The molecule has 3 heteroatoms. The first kappa shape index (κ1) is 10.3. The van der Waals surface area contributed by atoms with Crippen LogP contribution in [0.5, 0.6) is 0 Å². The summed E-state index contributed by atoms with van der Waals surface area (Å²) in [6.45, 7) is 7.51. The van der Waals surface area contributed by atoms with Crippen molar-refractivity contribution in [2.24, 2.45) is 0 Å². The third-order valence-electron chi connectivity index (χ3n) is 2.08. The van der Waals surface area contributed by atoms with Gasteiger partial charge in [-0.2, -0.15) is 5.10 Å². The monoisotopic (exact) mass is 181 g/mol. The summed E-state index contributed by atoms with van der Waals surface area (Å²) in [5, 5.41) is 7.60. The van der Waals surface area contributed by atoms with Gasteiger partial charge in [0, 0.05) is 18.4 Å². The highest BCUT2D eigenvalue weighted by Crippen LogP contribution is 1.96. The molecule has 0 unspecified atom stereocenters. The van der Waals surface area contributed by atoms with Crippen molar-refractivity contribution in [3.63, 3.8) is 0 Å². The Bertz CT molecular complexity index is 230. The van der Waals surface area contributed by atoms with Gasteiger partial charge in [-0.3, -0.25) is 4.68 Å². The molecule has 1 N–H and O–H groups in total. The van der Waals surface area contributed by atoms with Gasteiger partial charge in [-0.15, -0.1) is 0 Å². The van der Waals surface area contributed by atoms with E-state index in [0.29, 0.717) is 0 Å². The van der Waals surface area contributed by atoms with E-state index >= 15 is 0 Å². The van der Waals surface area contributed by atoms with Gasteiger partial charge in [-0.1, -0.05) is 6.92 Å². The van der Waals surface area contributed by atoms with Gasteiger partial charge in [0.1, 0.15) is 0 Å². The molecule has 0 bridgehead atoms. The molecule has 1 heterocycles. The Kier molecular flexibility index (Phi) is 4.54.